The maximum absolute atomic E-state index is 12.4. The summed E-state index contributed by atoms with van der Waals surface area (Å²) in [6.45, 7) is 9.41. The van der Waals surface area contributed by atoms with Gasteiger partial charge in [-0.1, -0.05) is 12.1 Å². The van der Waals surface area contributed by atoms with Gasteiger partial charge >= 0.3 is 6.03 Å². The summed E-state index contributed by atoms with van der Waals surface area (Å²) >= 11 is 0. The van der Waals surface area contributed by atoms with Crippen molar-refractivity contribution < 1.29 is 9.53 Å². The van der Waals surface area contributed by atoms with Crippen LogP contribution < -0.4 is 15.0 Å². The third-order valence-corrected chi connectivity index (χ3v) is 5.62. The van der Waals surface area contributed by atoms with Gasteiger partial charge in [-0.2, -0.15) is 4.98 Å². The predicted molar refractivity (Wildman–Crippen MR) is 116 cm³/mol. The second-order valence-electron chi connectivity index (χ2n) is 7.97. The molecule has 1 N–H and O–H groups in total. The second-order valence-corrected chi connectivity index (χ2v) is 7.97. The fourth-order valence-corrected chi connectivity index (χ4v) is 3.83. The number of anilines is 1. The third-order valence-electron chi connectivity index (χ3n) is 5.62. The summed E-state index contributed by atoms with van der Waals surface area (Å²) in [6, 6.07) is 7.87. The van der Waals surface area contributed by atoms with Crippen LogP contribution in [0.25, 0.3) is 0 Å². The van der Waals surface area contributed by atoms with E-state index in [0.717, 1.165) is 54.7 Å². The minimum atomic E-state index is -0.0622. The standard InChI is InChI=1S/C22H30N6O2/c1-4-23-22(29)28-9-8-19-18(15-28)20(30-17-7-5-6-16(2)14-17)25-21(24-19)27-12-10-26(3)11-13-27/h5-7,14H,4,8-13,15H2,1-3H3,(H,23,29). The Kier molecular flexibility index (Phi) is 6.03. The molecule has 0 aliphatic carbocycles. The second kappa shape index (κ2) is 8.87. The van der Waals surface area contributed by atoms with Crippen LogP contribution in [0, 0.1) is 6.92 Å². The van der Waals surface area contributed by atoms with Crippen molar-refractivity contribution in [3.63, 3.8) is 0 Å². The van der Waals surface area contributed by atoms with Gasteiger partial charge in [0.2, 0.25) is 11.8 Å². The lowest BCUT2D eigenvalue weighted by Gasteiger charge is -2.34. The van der Waals surface area contributed by atoms with Crippen molar-refractivity contribution in [1.82, 2.24) is 25.1 Å². The van der Waals surface area contributed by atoms with Gasteiger partial charge in [-0.25, -0.2) is 9.78 Å². The van der Waals surface area contributed by atoms with Crippen LogP contribution in [0.3, 0.4) is 0 Å². The summed E-state index contributed by atoms with van der Waals surface area (Å²) in [5.41, 5.74) is 2.99. The number of piperazine rings is 1. The molecule has 8 heteroatoms. The van der Waals surface area contributed by atoms with Gasteiger partial charge in [0.05, 0.1) is 17.8 Å². The lowest BCUT2D eigenvalue weighted by Crippen LogP contribution is -2.46. The first-order valence-electron chi connectivity index (χ1n) is 10.6. The molecule has 1 fully saturated rings. The van der Waals surface area contributed by atoms with Gasteiger partial charge < -0.3 is 24.8 Å². The number of amides is 2. The third kappa shape index (κ3) is 4.48. The van der Waals surface area contributed by atoms with E-state index in [4.69, 9.17) is 14.7 Å². The molecule has 160 valence electrons. The fraction of sp³-hybridized carbons (Fsp3) is 0.500. The highest BCUT2D eigenvalue weighted by Gasteiger charge is 2.28. The number of nitrogens with zero attached hydrogens (tertiary/aromatic N) is 5. The smallest absolute Gasteiger partial charge is 0.317 e. The van der Waals surface area contributed by atoms with E-state index in [1.807, 2.05) is 38.1 Å². The Morgan fingerprint density at radius 3 is 2.70 bits per heavy atom. The Bertz CT molecular complexity index is 910. The average molecular weight is 411 g/mol. The molecular formula is C22H30N6O2. The van der Waals surface area contributed by atoms with Crippen LogP contribution in [0.4, 0.5) is 10.7 Å². The topological polar surface area (TPSA) is 73.8 Å². The van der Waals surface area contributed by atoms with Crippen LogP contribution in [0.1, 0.15) is 23.7 Å². The van der Waals surface area contributed by atoms with Gasteiger partial charge in [-0.05, 0) is 38.6 Å². The van der Waals surface area contributed by atoms with Gasteiger partial charge in [0.15, 0.2) is 0 Å². The zero-order valence-electron chi connectivity index (χ0n) is 18.0. The molecule has 2 aliphatic rings. The number of hydrogen-bond acceptors (Lipinski definition) is 6. The summed E-state index contributed by atoms with van der Waals surface area (Å²) in [6.07, 6.45) is 0.694. The molecule has 3 heterocycles. The van der Waals surface area contributed by atoms with Crippen molar-refractivity contribution >= 4 is 12.0 Å². The van der Waals surface area contributed by atoms with Gasteiger partial charge in [-0.3, -0.25) is 0 Å². The highest BCUT2D eigenvalue weighted by Crippen LogP contribution is 2.32. The molecule has 2 amide bonds. The van der Waals surface area contributed by atoms with E-state index in [-0.39, 0.29) is 6.03 Å². The van der Waals surface area contributed by atoms with Crippen molar-refractivity contribution in [2.75, 3.05) is 51.2 Å². The number of benzene rings is 1. The number of hydrogen-bond donors (Lipinski definition) is 1. The molecule has 0 unspecified atom stereocenters. The molecule has 0 atom stereocenters. The summed E-state index contributed by atoms with van der Waals surface area (Å²) in [4.78, 5) is 28.4. The molecule has 0 spiro atoms. The minimum Gasteiger partial charge on any atom is -0.438 e. The van der Waals surface area contributed by atoms with E-state index in [2.05, 4.69) is 22.2 Å². The number of aromatic nitrogens is 2. The number of fused-ring (bicyclic) bond motifs is 1. The summed E-state index contributed by atoms with van der Waals surface area (Å²) in [5, 5.41) is 2.88. The molecule has 8 nitrogen and oxygen atoms in total. The SMILES string of the molecule is CCNC(=O)N1CCc2nc(N3CCN(C)CC3)nc(Oc3cccc(C)c3)c2C1. The fourth-order valence-electron chi connectivity index (χ4n) is 3.83. The number of carbonyl (C=O) groups is 1. The quantitative estimate of drug-likeness (QED) is 0.835. The van der Waals surface area contributed by atoms with Crippen molar-refractivity contribution in [3.8, 4) is 11.6 Å². The maximum atomic E-state index is 12.4. The van der Waals surface area contributed by atoms with Crippen LogP contribution in [0.15, 0.2) is 24.3 Å². The molecule has 4 rings (SSSR count). The van der Waals surface area contributed by atoms with Crippen LogP contribution in [-0.2, 0) is 13.0 Å². The van der Waals surface area contributed by atoms with Crippen molar-refractivity contribution in [1.29, 1.82) is 0 Å². The lowest BCUT2D eigenvalue weighted by atomic mass is 10.1. The van der Waals surface area contributed by atoms with Crippen LogP contribution in [0.2, 0.25) is 0 Å². The lowest BCUT2D eigenvalue weighted by molar-refractivity contribution is 0.191. The Balaban J connectivity index is 1.67. The summed E-state index contributed by atoms with van der Waals surface area (Å²) in [7, 11) is 2.13. The molecule has 1 saturated heterocycles. The molecule has 0 saturated carbocycles. The van der Waals surface area contributed by atoms with E-state index in [1.165, 1.54) is 0 Å². The molecule has 1 aromatic carbocycles. The van der Waals surface area contributed by atoms with Crippen LogP contribution in [0.5, 0.6) is 11.6 Å². The number of aryl methyl sites for hydroxylation is 1. The number of ether oxygens (including phenoxy) is 1. The summed E-state index contributed by atoms with van der Waals surface area (Å²) < 4.78 is 6.25. The number of likely N-dealkylation sites (N-methyl/N-ethyl adjacent to an activating group) is 1. The van der Waals surface area contributed by atoms with Gasteiger partial charge in [0.25, 0.3) is 0 Å². The highest BCUT2D eigenvalue weighted by atomic mass is 16.5. The zero-order chi connectivity index (χ0) is 21.1. The number of rotatable bonds is 4. The molecule has 0 bridgehead atoms. The Hall–Kier alpha value is -2.87. The maximum Gasteiger partial charge on any atom is 0.317 e. The first kappa shape index (κ1) is 20.4. The number of nitrogens with one attached hydrogen (secondary N) is 1. The predicted octanol–water partition coefficient (Wildman–Crippen LogP) is 2.42. The van der Waals surface area contributed by atoms with Gasteiger partial charge in [-0.15, -0.1) is 0 Å². The van der Waals surface area contributed by atoms with E-state index >= 15 is 0 Å². The Morgan fingerprint density at radius 2 is 1.97 bits per heavy atom. The molecule has 2 aliphatic heterocycles. The monoisotopic (exact) mass is 410 g/mol. The summed E-state index contributed by atoms with van der Waals surface area (Å²) in [5.74, 6) is 2.01. The van der Waals surface area contributed by atoms with Gasteiger partial charge in [0.1, 0.15) is 5.75 Å². The minimum absolute atomic E-state index is 0.0622. The first-order chi connectivity index (χ1) is 14.5. The molecule has 30 heavy (non-hydrogen) atoms. The number of urea groups is 1. The highest BCUT2D eigenvalue weighted by molar-refractivity contribution is 5.74. The van der Waals surface area contributed by atoms with Gasteiger partial charge in [0, 0.05) is 45.7 Å². The Labute approximate surface area is 177 Å². The van der Waals surface area contributed by atoms with E-state index in [0.29, 0.717) is 31.9 Å². The van der Waals surface area contributed by atoms with E-state index < -0.39 is 0 Å². The van der Waals surface area contributed by atoms with Crippen molar-refractivity contribution in [2.45, 2.75) is 26.8 Å². The normalized spacial score (nSPS) is 16.9. The average Bonchev–Trinajstić information content (AvgIpc) is 2.74. The largest absolute Gasteiger partial charge is 0.438 e. The van der Waals surface area contributed by atoms with Crippen molar-refractivity contribution in [3.05, 3.63) is 41.1 Å². The number of carbonyl (C=O) groups excluding carboxylic acids is 1. The molecule has 1 aromatic heterocycles. The first-order valence-corrected chi connectivity index (χ1v) is 10.6. The molecule has 2 aromatic rings. The van der Waals surface area contributed by atoms with E-state index in [1.54, 1.807) is 4.90 Å². The van der Waals surface area contributed by atoms with Crippen molar-refractivity contribution in [2.24, 2.45) is 0 Å². The molecule has 0 radical (unpaired) electrons. The van der Waals surface area contributed by atoms with Crippen LogP contribution >= 0.6 is 0 Å². The Morgan fingerprint density at radius 1 is 1.17 bits per heavy atom. The van der Waals surface area contributed by atoms with Crippen LogP contribution in [-0.4, -0.2) is 72.1 Å². The molecular weight excluding hydrogens is 380 g/mol. The van der Waals surface area contributed by atoms with E-state index in [9.17, 15) is 4.79 Å². The zero-order valence-corrected chi connectivity index (χ0v) is 18.0.